The molecule has 0 radical (unpaired) electrons. The van der Waals surface area contributed by atoms with E-state index in [1.165, 1.54) is 5.56 Å². The molecule has 1 amide bonds. The van der Waals surface area contributed by atoms with Crippen LogP contribution in [0.5, 0.6) is 0 Å². The van der Waals surface area contributed by atoms with E-state index in [2.05, 4.69) is 47.1 Å². The number of nitrogens with one attached hydrogen (secondary N) is 1. The average Bonchev–Trinajstić information content (AvgIpc) is 3.31. The van der Waals surface area contributed by atoms with Crippen molar-refractivity contribution >= 4 is 16.8 Å². The summed E-state index contributed by atoms with van der Waals surface area (Å²) in [5, 5.41) is 1.14. The molecule has 2 aromatic carbocycles. The number of fused-ring (bicyclic) bond motifs is 1. The molecule has 1 saturated heterocycles. The van der Waals surface area contributed by atoms with Crippen LogP contribution in [-0.2, 0) is 0 Å². The Morgan fingerprint density at radius 1 is 1.20 bits per heavy atom. The van der Waals surface area contributed by atoms with Gasteiger partial charge in [0.05, 0.1) is 0 Å². The predicted octanol–water partition coefficient (Wildman–Crippen LogP) is 4.97. The quantitative estimate of drug-likeness (QED) is 0.720. The summed E-state index contributed by atoms with van der Waals surface area (Å²) in [7, 11) is 0. The van der Waals surface area contributed by atoms with Gasteiger partial charge in [0.25, 0.3) is 5.91 Å². The van der Waals surface area contributed by atoms with E-state index in [1.807, 2.05) is 30.5 Å². The minimum Gasteiger partial charge on any atom is -0.361 e. The molecule has 4 rings (SSSR count). The first kappa shape index (κ1) is 15.9. The first-order valence-electron chi connectivity index (χ1n) is 9.21. The summed E-state index contributed by atoms with van der Waals surface area (Å²) in [5.41, 5.74) is 3.15. The summed E-state index contributed by atoms with van der Waals surface area (Å²) in [4.78, 5) is 18.5. The van der Waals surface area contributed by atoms with Gasteiger partial charge in [0, 0.05) is 35.8 Å². The molecule has 3 heteroatoms. The maximum Gasteiger partial charge on any atom is 0.254 e. The zero-order chi connectivity index (χ0) is 17.2. The Labute approximate surface area is 148 Å². The number of likely N-dealkylation sites (tertiary alicyclic amines) is 1. The van der Waals surface area contributed by atoms with Crippen molar-refractivity contribution in [2.75, 3.05) is 6.54 Å². The second-order valence-corrected chi connectivity index (χ2v) is 6.91. The Kier molecular flexibility index (Phi) is 4.31. The van der Waals surface area contributed by atoms with Crippen molar-refractivity contribution in [3.05, 3.63) is 71.9 Å². The number of aromatic nitrogens is 1. The molecule has 0 saturated carbocycles. The Bertz CT molecular complexity index is 868. The van der Waals surface area contributed by atoms with Gasteiger partial charge in [-0.3, -0.25) is 4.79 Å². The van der Waals surface area contributed by atoms with Crippen LogP contribution in [-0.4, -0.2) is 28.4 Å². The molecular weight excluding hydrogens is 308 g/mol. The molecule has 1 aliphatic rings. The van der Waals surface area contributed by atoms with Crippen molar-refractivity contribution in [2.45, 2.75) is 38.1 Å². The molecule has 0 bridgehead atoms. The fourth-order valence-electron chi connectivity index (χ4n) is 4.24. The van der Waals surface area contributed by atoms with E-state index < -0.39 is 0 Å². The van der Waals surface area contributed by atoms with Crippen LogP contribution in [0.2, 0.25) is 0 Å². The van der Waals surface area contributed by atoms with Crippen LogP contribution in [0.25, 0.3) is 10.9 Å². The molecule has 3 nitrogen and oxygen atoms in total. The van der Waals surface area contributed by atoms with Crippen LogP contribution in [0.15, 0.2) is 60.8 Å². The fraction of sp³-hybridized carbons (Fsp3) is 0.318. The van der Waals surface area contributed by atoms with Crippen LogP contribution in [0.4, 0.5) is 0 Å². The highest BCUT2D eigenvalue weighted by Gasteiger charge is 2.35. The van der Waals surface area contributed by atoms with Gasteiger partial charge in [-0.2, -0.15) is 0 Å². The van der Waals surface area contributed by atoms with Gasteiger partial charge < -0.3 is 9.88 Å². The Morgan fingerprint density at radius 2 is 2.04 bits per heavy atom. The fourth-order valence-corrected chi connectivity index (χ4v) is 4.24. The van der Waals surface area contributed by atoms with E-state index in [0.717, 1.165) is 42.3 Å². The SMILES string of the molecule is CC[C@@H](c1ccccc1)[C@H]1CCCN1C(=O)c1ccc2cc[nH]c2c1. The predicted molar refractivity (Wildman–Crippen MR) is 102 cm³/mol. The number of carbonyl (C=O) groups is 1. The summed E-state index contributed by atoms with van der Waals surface area (Å²) in [5.74, 6) is 0.565. The molecule has 25 heavy (non-hydrogen) atoms. The van der Waals surface area contributed by atoms with Crippen molar-refractivity contribution in [2.24, 2.45) is 0 Å². The van der Waals surface area contributed by atoms with Crippen LogP contribution in [0, 0.1) is 0 Å². The van der Waals surface area contributed by atoms with E-state index in [1.54, 1.807) is 0 Å². The van der Waals surface area contributed by atoms with Crippen molar-refractivity contribution < 1.29 is 4.79 Å². The van der Waals surface area contributed by atoms with Gasteiger partial charge in [-0.25, -0.2) is 0 Å². The normalized spacial score (nSPS) is 18.6. The molecule has 128 valence electrons. The molecule has 0 spiro atoms. The molecule has 0 aliphatic carbocycles. The monoisotopic (exact) mass is 332 g/mol. The summed E-state index contributed by atoms with van der Waals surface area (Å²) in [6.07, 6.45) is 5.14. The highest BCUT2D eigenvalue weighted by molar-refractivity contribution is 5.98. The molecule has 3 aromatic rings. The van der Waals surface area contributed by atoms with Gasteiger partial charge in [0.2, 0.25) is 0 Å². The van der Waals surface area contributed by atoms with E-state index in [0.29, 0.717) is 12.0 Å². The van der Waals surface area contributed by atoms with Crippen molar-refractivity contribution in [3.8, 4) is 0 Å². The van der Waals surface area contributed by atoms with E-state index >= 15 is 0 Å². The van der Waals surface area contributed by atoms with Gasteiger partial charge in [-0.15, -0.1) is 0 Å². The number of nitrogens with zero attached hydrogens (tertiary/aromatic N) is 1. The van der Waals surface area contributed by atoms with Crippen LogP contribution in [0.3, 0.4) is 0 Å². The third-order valence-corrected chi connectivity index (χ3v) is 5.49. The number of aromatic amines is 1. The lowest BCUT2D eigenvalue weighted by Crippen LogP contribution is -2.39. The van der Waals surface area contributed by atoms with Crippen LogP contribution < -0.4 is 0 Å². The highest BCUT2D eigenvalue weighted by atomic mass is 16.2. The lowest BCUT2D eigenvalue weighted by molar-refractivity contribution is 0.0714. The molecule has 1 fully saturated rings. The van der Waals surface area contributed by atoms with Crippen molar-refractivity contribution in [3.63, 3.8) is 0 Å². The first-order chi connectivity index (χ1) is 12.3. The number of rotatable bonds is 4. The average molecular weight is 332 g/mol. The second kappa shape index (κ2) is 6.75. The van der Waals surface area contributed by atoms with Gasteiger partial charge in [-0.05, 0) is 48.4 Å². The summed E-state index contributed by atoms with van der Waals surface area (Å²) < 4.78 is 0. The lowest BCUT2D eigenvalue weighted by Gasteiger charge is -2.31. The molecule has 2 atom stereocenters. The van der Waals surface area contributed by atoms with Gasteiger partial charge >= 0.3 is 0 Å². The number of benzene rings is 2. The topological polar surface area (TPSA) is 36.1 Å². The molecule has 1 aliphatic heterocycles. The van der Waals surface area contributed by atoms with Crippen LogP contribution in [0.1, 0.15) is 48.0 Å². The molecule has 1 N–H and O–H groups in total. The lowest BCUT2D eigenvalue weighted by atomic mass is 9.87. The molecular formula is C22H24N2O. The standard InChI is InChI=1S/C22H24N2O/c1-2-19(16-7-4-3-5-8-16)21-9-6-14-24(21)22(25)18-11-10-17-12-13-23-20(17)15-18/h3-5,7-8,10-13,15,19,21,23H,2,6,9,14H2,1H3/t19-,21+/m0/s1. The van der Waals surface area contributed by atoms with E-state index in [-0.39, 0.29) is 5.91 Å². The maximum absolute atomic E-state index is 13.2. The largest absolute Gasteiger partial charge is 0.361 e. The minimum absolute atomic E-state index is 0.161. The van der Waals surface area contributed by atoms with Crippen LogP contribution >= 0.6 is 0 Å². The smallest absolute Gasteiger partial charge is 0.254 e. The number of carbonyl (C=O) groups excluding carboxylic acids is 1. The van der Waals surface area contributed by atoms with Crippen molar-refractivity contribution in [1.82, 2.24) is 9.88 Å². The zero-order valence-electron chi connectivity index (χ0n) is 14.6. The molecule has 2 heterocycles. The number of H-pyrrole nitrogens is 1. The van der Waals surface area contributed by atoms with E-state index in [4.69, 9.17) is 0 Å². The number of hydrogen-bond donors (Lipinski definition) is 1. The van der Waals surface area contributed by atoms with E-state index in [9.17, 15) is 4.79 Å². The summed E-state index contributed by atoms with van der Waals surface area (Å²) in [6.45, 7) is 3.08. The Balaban J connectivity index is 1.62. The summed E-state index contributed by atoms with van der Waals surface area (Å²) >= 11 is 0. The van der Waals surface area contributed by atoms with Crippen molar-refractivity contribution in [1.29, 1.82) is 0 Å². The number of hydrogen-bond acceptors (Lipinski definition) is 1. The third-order valence-electron chi connectivity index (χ3n) is 5.49. The second-order valence-electron chi connectivity index (χ2n) is 6.91. The highest BCUT2D eigenvalue weighted by Crippen LogP contribution is 2.34. The van der Waals surface area contributed by atoms with Gasteiger partial charge in [-0.1, -0.05) is 43.3 Å². The number of amides is 1. The molecule has 0 unspecified atom stereocenters. The van der Waals surface area contributed by atoms with Gasteiger partial charge in [0.15, 0.2) is 0 Å². The molecule has 1 aromatic heterocycles. The minimum atomic E-state index is 0.161. The Hall–Kier alpha value is -2.55. The van der Waals surface area contributed by atoms with Gasteiger partial charge in [0.1, 0.15) is 0 Å². The zero-order valence-corrected chi connectivity index (χ0v) is 14.6. The maximum atomic E-state index is 13.2. The first-order valence-corrected chi connectivity index (χ1v) is 9.21. The Morgan fingerprint density at radius 3 is 2.84 bits per heavy atom. The summed E-state index contributed by atoms with van der Waals surface area (Å²) in [6, 6.07) is 18.9. The third kappa shape index (κ3) is 2.95.